The number of barbiturate groups is 1. The molecule has 3 aromatic carbocycles. The van der Waals surface area contributed by atoms with Gasteiger partial charge in [-0.2, -0.15) is 0 Å². The smallest absolute Gasteiger partial charge is 0.335 e. The van der Waals surface area contributed by atoms with E-state index in [9.17, 15) is 19.2 Å². The maximum atomic E-state index is 12.9. The fourth-order valence-electron chi connectivity index (χ4n) is 3.25. The van der Waals surface area contributed by atoms with Crippen molar-refractivity contribution in [2.45, 2.75) is 0 Å². The summed E-state index contributed by atoms with van der Waals surface area (Å²) in [6, 6.07) is 19.1. The lowest BCUT2D eigenvalue weighted by atomic mass is 10.1. The number of amides is 5. The van der Waals surface area contributed by atoms with Gasteiger partial charge in [0, 0.05) is 0 Å². The Morgan fingerprint density at radius 3 is 2.46 bits per heavy atom. The Kier molecular flexibility index (Phi) is 7.28. The number of carbonyl (C=O) groups is 4. The lowest BCUT2D eigenvalue weighted by Crippen LogP contribution is -2.54. The summed E-state index contributed by atoms with van der Waals surface area (Å²) in [6.45, 7) is -0.265. The van der Waals surface area contributed by atoms with E-state index in [1.165, 1.54) is 6.08 Å². The number of hydrogen-bond donors (Lipinski definition) is 2. The van der Waals surface area contributed by atoms with E-state index in [-0.39, 0.29) is 12.2 Å². The average molecular weight is 555 g/mol. The Hall–Kier alpha value is -3.95. The molecule has 1 aliphatic heterocycles. The van der Waals surface area contributed by atoms with E-state index in [1.807, 2.05) is 0 Å². The van der Waals surface area contributed by atoms with Crippen LogP contribution in [-0.2, 0) is 14.4 Å². The van der Waals surface area contributed by atoms with Gasteiger partial charge in [-0.05, 0) is 64.0 Å². The van der Waals surface area contributed by atoms with Crippen LogP contribution in [0.1, 0.15) is 5.56 Å². The van der Waals surface area contributed by atoms with Gasteiger partial charge in [0.25, 0.3) is 17.7 Å². The van der Waals surface area contributed by atoms with Crippen LogP contribution in [-0.4, -0.2) is 30.4 Å². The lowest BCUT2D eigenvalue weighted by molar-refractivity contribution is -0.122. The Labute approximate surface area is 213 Å². The molecule has 1 fully saturated rings. The van der Waals surface area contributed by atoms with Crippen molar-refractivity contribution >= 4 is 68.7 Å². The van der Waals surface area contributed by atoms with Gasteiger partial charge in [-0.25, -0.2) is 9.69 Å². The van der Waals surface area contributed by atoms with Gasteiger partial charge in [0.05, 0.1) is 20.9 Å². The molecule has 5 amide bonds. The monoisotopic (exact) mass is 553 g/mol. The van der Waals surface area contributed by atoms with E-state index >= 15 is 0 Å². The minimum absolute atomic E-state index is 0.201. The molecule has 0 radical (unpaired) electrons. The first-order valence-electron chi connectivity index (χ1n) is 10.3. The molecular weight excluding hydrogens is 538 g/mol. The highest BCUT2D eigenvalue weighted by Gasteiger charge is 2.36. The highest BCUT2D eigenvalue weighted by molar-refractivity contribution is 9.10. The fraction of sp³-hybridized carbons (Fsp3) is 0.0400. The fourth-order valence-corrected chi connectivity index (χ4v) is 3.95. The number of hydrogen-bond acceptors (Lipinski definition) is 5. The number of nitrogens with one attached hydrogen (secondary N) is 2. The predicted octanol–water partition coefficient (Wildman–Crippen LogP) is 4.79. The number of carbonyl (C=O) groups excluding carboxylic acids is 4. The zero-order chi connectivity index (χ0) is 24.9. The van der Waals surface area contributed by atoms with Crippen molar-refractivity contribution in [2.24, 2.45) is 0 Å². The molecule has 4 rings (SSSR count). The molecule has 0 bridgehead atoms. The second-order valence-corrected chi connectivity index (χ2v) is 8.56. The normalized spacial score (nSPS) is 14.6. The van der Waals surface area contributed by atoms with Crippen LogP contribution in [0.4, 0.5) is 16.2 Å². The lowest BCUT2D eigenvalue weighted by Gasteiger charge is -2.26. The van der Waals surface area contributed by atoms with E-state index in [1.54, 1.807) is 72.8 Å². The van der Waals surface area contributed by atoms with Gasteiger partial charge < -0.3 is 10.1 Å². The summed E-state index contributed by atoms with van der Waals surface area (Å²) in [7, 11) is 0. The van der Waals surface area contributed by atoms with E-state index in [4.69, 9.17) is 16.3 Å². The van der Waals surface area contributed by atoms with Gasteiger partial charge in [0.15, 0.2) is 6.61 Å². The largest absolute Gasteiger partial charge is 0.483 e. The van der Waals surface area contributed by atoms with Crippen LogP contribution < -0.4 is 20.3 Å². The molecule has 0 spiro atoms. The van der Waals surface area contributed by atoms with Crippen LogP contribution in [0.15, 0.2) is 82.8 Å². The number of anilines is 2. The molecule has 0 saturated carbocycles. The molecule has 35 heavy (non-hydrogen) atoms. The van der Waals surface area contributed by atoms with Gasteiger partial charge in [0.1, 0.15) is 11.3 Å². The van der Waals surface area contributed by atoms with Gasteiger partial charge in [-0.1, -0.05) is 48.0 Å². The third-order valence-electron chi connectivity index (χ3n) is 4.89. The molecule has 0 atom stereocenters. The summed E-state index contributed by atoms with van der Waals surface area (Å²) < 4.78 is 6.06. The Morgan fingerprint density at radius 2 is 1.74 bits per heavy atom. The molecule has 8 nitrogen and oxygen atoms in total. The molecule has 10 heteroatoms. The summed E-state index contributed by atoms with van der Waals surface area (Å²) in [4.78, 5) is 50.6. The molecule has 1 saturated heterocycles. The van der Waals surface area contributed by atoms with Crippen molar-refractivity contribution in [3.63, 3.8) is 0 Å². The standard InChI is InChI=1S/C25H17BrClN3O5/c26-18-13-15(10-11-21(18)35-14-22(31)28-20-9-5-4-8-19(20)27)12-17-23(32)29-25(34)30(24(17)33)16-6-2-1-3-7-16/h1-13H,14H2,(H,28,31)(H,29,32,34)/b17-12-. The summed E-state index contributed by atoms with van der Waals surface area (Å²) in [5.41, 5.74) is 1.12. The van der Waals surface area contributed by atoms with Crippen molar-refractivity contribution in [2.75, 3.05) is 16.8 Å². The second-order valence-electron chi connectivity index (χ2n) is 7.30. The van der Waals surface area contributed by atoms with Gasteiger partial charge in [-0.3, -0.25) is 19.7 Å². The van der Waals surface area contributed by atoms with Gasteiger partial charge >= 0.3 is 6.03 Å². The van der Waals surface area contributed by atoms with Crippen LogP contribution >= 0.6 is 27.5 Å². The van der Waals surface area contributed by atoms with Crippen LogP contribution in [0.25, 0.3) is 6.08 Å². The van der Waals surface area contributed by atoms with Crippen molar-refractivity contribution in [3.05, 3.63) is 93.4 Å². The topological polar surface area (TPSA) is 105 Å². The second kappa shape index (κ2) is 10.5. The van der Waals surface area contributed by atoms with E-state index in [0.717, 1.165) is 4.90 Å². The number of halogens is 2. The first-order valence-corrected chi connectivity index (χ1v) is 11.4. The molecular formula is C25H17BrClN3O5. The summed E-state index contributed by atoms with van der Waals surface area (Å²) in [6.07, 6.45) is 1.37. The number of benzene rings is 3. The van der Waals surface area contributed by atoms with E-state index in [0.29, 0.717) is 32.2 Å². The first-order chi connectivity index (χ1) is 16.8. The molecule has 0 unspecified atom stereocenters. The number of ether oxygens (including phenoxy) is 1. The molecule has 0 aromatic heterocycles. The summed E-state index contributed by atoms with van der Waals surface area (Å²) >= 11 is 9.41. The molecule has 3 aromatic rings. The number of nitrogens with zero attached hydrogens (tertiary/aromatic N) is 1. The maximum absolute atomic E-state index is 12.9. The average Bonchev–Trinajstić information content (AvgIpc) is 2.83. The SMILES string of the molecule is O=C(COc1ccc(/C=C2/C(=O)NC(=O)N(c3ccccc3)C2=O)cc1Br)Nc1ccccc1Cl. The van der Waals surface area contributed by atoms with E-state index in [2.05, 4.69) is 26.6 Å². The number of para-hydroxylation sites is 2. The minimum atomic E-state index is -0.816. The number of imide groups is 2. The van der Waals surface area contributed by atoms with Crippen molar-refractivity contribution < 1.29 is 23.9 Å². The van der Waals surface area contributed by atoms with Gasteiger partial charge in [0.2, 0.25) is 0 Å². The molecule has 0 aliphatic carbocycles. The van der Waals surface area contributed by atoms with Crippen LogP contribution in [0, 0.1) is 0 Å². The van der Waals surface area contributed by atoms with Crippen molar-refractivity contribution in [1.82, 2.24) is 5.32 Å². The maximum Gasteiger partial charge on any atom is 0.335 e. The summed E-state index contributed by atoms with van der Waals surface area (Å²) in [5, 5.41) is 5.25. The molecule has 1 heterocycles. The summed E-state index contributed by atoms with van der Waals surface area (Å²) in [5.74, 6) is -1.55. The molecule has 2 N–H and O–H groups in total. The van der Waals surface area contributed by atoms with Crippen molar-refractivity contribution in [3.8, 4) is 5.75 Å². The number of urea groups is 1. The third kappa shape index (κ3) is 5.59. The quantitative estimate of drug-likeness (QED) is 0.337. The highest BCUT2D eigenvalue weighted by atomic mass is 79.9. The first kappa shape index (κ1) is 24.2. The molecule has 1 aliphatic rings. The van der Waals surface area contributed by atoms with Crippen molar-refractivity contribution in [1.29, 1.82) is 0 Å². The molecule has 176 valence electrons. The zero-order valence-electron chi connectivity index (χ0n) is 18.0. The Balaban J connectivity index is 1.47. The Morgan fingerprint density at radius 1 is 1.03 bits per heavy atom. The predicted molar refractivity (Wildman–Crippen MR) is 135 cm³/mol. The highest BCUT2D eigenvalue weighted by Crippen LogP contribution is 2.28. The minimum Gasteiger partial charge on any atom is -0.483 e. The van der Waals surface area contributed by atoms with Crippen LogP contribution in [0.5, 0.6) is 5.75 Å². The number of rotatable bonds is 6. The van der Waals surface area contributed by atoms with Crippen LogP contribution in [0.3, 0.4) is 0 Å². The van der Waals surface area contributed by atoms with E-state index < -0.39 is 23.8 Å². The Bertz CT molecular complexity index is 1360. The zero-order valence-corrected chi connectivity index (χ0v) is 20.3. The van der Waals surface area contributed by atoms with Gasteiger partial charge in [-0.15, -0.1) is 0 Å². The third-order valence-corrected chi connectivity index (χ3v) is 5.84. The van der Waals surface area contributed by atoms with Crippen LogP contribution in [0.2, 0.25) is 5.02 Å².